The van der Waals surface area contributed by atoms with Crippen LogP contribution in [-0.4, -0.2) is 46.5 Å². The van der Waals surface area contributed by atoms with Crippen molar-refractivity contribution in [2.75, 3.05) is 26.2 Å². The first-order valence-electron chi connectivity index (χ1n) is 11.1. The molecule has 0 bridgehead atoms. The number of nitrogens with one attached hydrogen (secondary N) is 1. The molecule has 1 atom stereocenters. The Morgan fingerprint density at radius 3 is 2.52 bits per heavy atom. The van der Waals surface area contributed by atoms with Crippen molar-refractivity contribution in [1.82, 2.24) is 19.8 Å². The number of aryl methyl sites for hydroxylation is 2. The molecule has 1 aliphatic heterocycles. The maximum absolute atomic E-state index is 13.3. The maximum Gasteiger partial charge on any atom is 0.242 e. The Balaban J connectivity index is 1.60. The van der Waals surface area contributed by atoms with E-state index >= 15 is 0 Å². The Labute approximate surface area is 183 Å². The summed E-state index contributed by atoms with van der Waals surface area (Å²) in [4.78, 5) is 20.3. The van der Waals surface area contributed by atoms with Gasteiger partial charge < -0.3 is 14.8 Å². The summed E-state index contributed by atoms with van der Waals surface area (Å²) in [6.07, 6.45) is 3.03. The number of halogens is 1. The SMILES string of the molecule is Cc1cc2nc(Cc3ccc(F)cc3)n([C@@H](C)C(=O)NCCN3CCCC3)c2cc1C. The van der Waals surface area contributed by atoms with Crippen LogP contribution < -0.4 is 5.32 Å². The molecule has 0 saturated carbocycles. The Morgan fingerprint density at radius 1 is 1.13 bits per heavy atom. The number of imidazole rings is 1. The minimum atomic E-state index is -0.388. The van der Waals surface area contributed by atoms with Gasteiger partial charge in [-0.05, 0) is 87.7 Å². The molecule has 31 heavy (non-hydrogen) atoms. The van der Waals surface area contributed by atoms with E-state index in [-0.39, 0.29) is 17.8 Å². The van der Waals surface area contributed by atoms with Crippen molar-refractivity contribution in [2.24, 2.45) is 0 Å². The van der Waals surface area contributed by atoms with E-state index in [0.29, 0.717) is 13.0 Å². The van der Waals surface area contributed by atoms with Crippen LogP contribution in [0, 0.1) is 19.7 Å². The minimum absolute atomic E-state index is 0.00270. The molecular formula is C25H31FN4O. The van der Waals surface area contributed by atoms with Gasteiger partial charge in [0, 0.05) is 19.5 Å². The van der Waals surface area contributed by atoms with Crippen LogP contribution >= 0.6 is 0 Å². The lowest BCUT2D eigenvalue weighted by molar-refractivity contribution is -0.123. The largest absolute Gasteiger partial charge is 0.353 e. The van der Waals surface area contributed by atoms with E-state index in [0.717, 1.165) is 42.1 Å². The van der Waals surface area contributed by atoms with Gasteiger partial charge in [0.2, 0.25) is 5.91 Å². The predicted molar refractivity (Wildman–Crippen MR) is 122 cm³/mol. The van der Waals surface area contributed by atoms with Gasteiger partial charge in [-0.3, -0.25) is 4.79 Å². The van der Waals surface area contributed by atoms with Gasteiger partial charge in [0.05, 0.1) is 11.0 Å². The molecule has 2 aromatic carbocycles. The fourth-order valence-corrected chi connectivity index (χ4v) is 4.35. The molecule has 0 radical (unpaired) electrons. The number of benzene rings is 2. The second-order valence-electron chi connectivity index (χ2n) is 8.64. The van der Waals surface area contributed by atoms with Crippen molar-refractivity contribution in [3.05, 3.63) is 64.7 Å². The Hall–Kier alpha value is -2.73. The molecule has 1 amide bonds. The molecule has 1 fully saturated rings. The molecule has 6 heteroatoms. The minimum Gasteiger partial charge on any atom is -0.353 e. The van der Waals surface area contributed by atoms with Crippen LogP contribution in [0.15, 0.2) is 36.4 Å². The molecule has 3 aromatic rings. The lowest BCUT2D eigenvalue weighted by Gasteiger charge is -2.20. The van der Waals surface area contributed by atoms with Crippen LogP contribution in [0.1, 0.15) is 48.3 Å². The molecule has 1 aromatic heterocycles. The lowest BCUT2D eigenvalue weighted by atomic mass is 10.1. The van der Waals surface area contributed by atoms with Crippen molar-refractivity contribution < 1.29 is 9.18 Å². The van der Waals surface area contributed by atoms with Crippen LogP contribution in [0.2, 0.25) is 0 Å². The standard InChI is InChI=1S/C25H31FN4O/c1-17-14-22-23(15-18(17)2)30(24(28-22)16-20-6-8-21(26)9-7-20)19(3)25(31)27-10-13-29-11-4-5-12-29/h6-9,14-15,19H,4-5,10-13,16H2,1-3H3,(H,27,31)/t19-/m0/s1. The first-order valence-corrected chi connectivity index (χ1v) is 11.1. The van der Waals surface area contributed by atoms with E-state index in [4.69, 9.17) is 4.98 Å². The molecule has 1 aliphatic rings. The van der Waals surface area contributed by atoms with Gasteiger partial charge in [-0.1, -0.05) is 12.1 Å². The average Bonchev–Trinajstić information content (AvgIpc) is 3.37. The number of carbonyl (C=O) groups is 1. The van der Waals surface area contributed by atoms with Gasteiger partial charge in [-0.15, -0.1) is 0 Å². The first kappa shape index (κ1) is 21.5. The zero-order valence-corrected chi connectivity index (χ0v) is 18.6. The fourth-order valence-electron chi connectivity index (χ4n) is 4.35. The van der Waals surface area contributed by atoms with Crippen molar-refractivity contribution in [2.45, 2.75) is 46.1 Å². The van der Waals surface area contributed by atoms with Crippen LogP contribution in [0.3, 0.4) is 0 Å². The first-order chi connectivity index (χ1) is 14.9. The van der Waals surface area contributed by atoms with Gasteiger partial charge in [-0.25, -0.2) is 9.37 Å². The van der Waals surface area contributed by atoms with Crippen molar-refractivity contribution in [3.63, 3.8) is 0 Å². The molecule has 2 heterocycles. The number of hydrogen-bond acceptors (Lipinski definition) is 3. The van der Waals surface area contributed by atoms with Gasteiger partial charge in [0.25, 0.3) is 0 Å². The van der Waals surface area contributed by atoms with E-state index in [1.807, 2.05) is 11.5 Å². The van der Waals surface area contributed by atoms with E-state index in [9.17, 15) is 9.18 Å². The molecular weight excluding hydrogens is 391 g/mol. The van der Waals surface area contributed by atoms with E-state index in [2.05, 4.69) is 36.2 Å². The van der Waals surface area contributed by atoms with Crippen molar-refractivity contribution >= 4 is 16.9 Å². The molecule has 0 spiro atoms. The van der Waals surface area contributed by atoms with Gasteiger partial charge in [-0.2, -0.15) is 0 Å². The smallest absolute Gasteiger partial charge is 0.242 e. The summed E-state index contributed by atoms with van der Waals surface area (Å²) < 4.78 is 15.4. The number of aromatic nitrogens is 2. The molecule has 1 saturated heterocycles. The highest BCUT2D eigenvalue weighted by Gasteiger charge is 2.22. The third-order valence-electron chi connectivity index (χ3n) is 6.35. The van der Waals surface area contributed by atoms with Gasteiger partial charge in [0.15, 0.2) is 0 Å². The molecule has 1 N–H and O–H groups in total. The molecule has 5 nitrogen and oxygen atoms in total. The Kier molecular flexibility index (Phi) is 6.37. The third-order valence-corrected chi connectivity index (χ3v) is 6.35. The van der Waals surface area contributed by atoms with Crippen molar-refractivity contribution in [1.29, 1.82) is 0 Å². The number of carbonyl (C=O) groups excluding carboxylic acids is 1. The Morgan fingerprint density at radius 2 is 1.81 bits per heavy atom. The predicted octanol–water partition coefficient (Wildman–Crippen LogP) is 4.16. The summed E-state index contributed by atoms with van der Waals surface area (Å²) in [5.41, 5.74) is 5.16. The monoisotopic (exact) mass is 422 g/mol. The highest BCUT2D eigenvalue weighted by Crippen LogP contribution is 2.26. The number of amides is 1. The number of fused-ring (bicyclic) bond motifs is 1. The van der Waals surface area contributed by atoms with Crippen molar-refractivity contribution in [3.8, 4) is 0 Å². The van der Waals surface area contributed by atoms with E-state index in [1.165, 1.54) is 36.1 Å². The van der Waals surface area contributed by atoms with Crippen LogP contribution in [-0.2, 0) is 11.2 Å². The van der Waals surface area contributed by atoms with Crippen LogP contribution in [0.25, 0.3) is 11.0 Å². The summed E-state index contributed by atoms with van der Waals surface area (Å²) >= 11 is 0. The quantitative estimate of drug-likeness (QED) is 0.622. The fraction of sp³-hybridized carbons (Fsp3) is 0.440. The highest BCUT2D eigenvalue weighted by molar-refractivity contribution is 5.84. The molecule has 0 aliphatic carbocycles. The van der Waals surface area contributed by atoms with Crippen LogP contribution in [0.4, 0.5) is 4.39 Å². The molecule has 0 unspecified atom stereocenters. The van der Waals surface area contributed by atoms with Gasteiger partial charge >= 0.3 is 0 Å². The third kappa shape index (κ3) is 4.79. The lowest BCUT2D eigenvalue weighted by Crippen LogP contribution is -2.37. The van der Waals surface area contributed by atoms with Gasteiger partial charge in [0.1, 0.15) is 17.7 Å². The average molecular weight is 423 g/mol. The summed E-state index contributed by atoms with van der Waals surface area (Å²) in [6.45, 7) is 9.87. The topological polar surface area (TPSA) is 50.2 Å². The molecule has 164 valence electrons. The zero-order valence-electron chi connectivity index (χ0n) is 18.6. The summed E-state index contributed by atoms with van der Waals surface area (Å²) in [6, 6.07) is 10.3. The van der Waals surface area contributed by atoms with E-state index in [1.54, 1.807) is 12.1 Å². The Bertz CT molecular complexity index is 1070. The second kappa shape index (κ2) is 9.18. The number of hydrogen-bond donors (Lipinski definition) is 1. The van der Waals surface area contributed by atoms with Crippen LogP contribution in [0.5, 0.6) is 0 Å². The number of rotatable bonds is 7. The van der Waals surface area contributed by atoms with E-state index < -0.39 is 0 Å². The zero-order chi connectivity index (χ0) is 22.0. The molecule has 4 rings (SSSR count). The second-order valence-corrected chi connectivity index (χ2v) is 8.64. The summed E-state index contributed by atoms with van der Waals surface area (Å²) in [7, 11) is 0. The highest BCUT2D eigenvalue weighted by atomic mass is 19.1. The summed E-state index contributed by atoms with van der Waals surface area (Å²) in [5.74, 6) is 0.556. The normalized spacial score (nSPS) is 15.5. The number of likely N-dealkylation sites (tertiary alicyclic amines) is 1. The number of nitrogens with zero attached hydrogens (tertiary/aromatic N) is 3. The maximum atomic E-state index is 13.3. The summed E-state index contributed by atoms with van der Waals surface area (Å²) in [5, 5.41) is 3.11.